The molecule has 0 unspecified atom stereocenters. The number of anilines is 1. The van der Waals surface area contributed by atoms with Crippen LogP contribution in [-0.2, 0) is 4.79 Å². The van der Waals surface area contributed by atoms with E-state index in [0.717, 1.165) is 4.90 Å². The molecule has 0 radical (unpaired) electrons. The number of ketones is 1. The molecular formula is C23H16N2O4. The van der Waals surface area contributed by atoms with Crippen LogP contribution in [0.5, 0.6) is 0 Å². The molecule has 142 valence electrons. The number of imide groups is 1. The van der Waals surface area contributed by atoms with E-state index in [1.165, 1.54) is 0 Å². The molecular weight excluding hydrogens is 368 g/mol. The number of rotatable bonds is 5. The third kappa shape index (κ3) is 3.55. The molecule has 3 amide bonds. The molecule has 1 N–H and O–H groups in total. The summed E-state index contributed by atoms with van der Waals surface area (Å²) in [4.78, 5) is 50.7. The number of carbonyl (C=O) groups excluding carboxylic acids is 4. The molecule has 1 heterocycles. The van der Waals surface area contributed by atoms with Crippen molar-refractivity contribution in [2.24, 2.45) is 0 Å². The van der Waals surface area contributed by atoms with Crippen LogP contribution in [0.2, 0.25) is 0 Å². The second kappa shape index (κ2) is 7.52. The summed E-state index contributed by atoms with van der Waals surface area (Å²) in [5.41, 5.74) is 1.96. The predicted octanol–water partition coefficient (Wildman–Crippen LogP) is 3.15. The number of hydrogen-bond acceptors (Lipinski definition) is 4. The van der Waals surface area contributed by atoms with Crippen molar-refractivity contribution < 1.29 is 19.2 Å². The van der Waals surface area contributed by atoms with Crippen molar-refractivity contribution in [2.45, 2.75) is 0 Å². The Labute approximate surface area is 166 Å². The van der Waals surface area contributed by atoms with Crippen molar-refractivity contribution in [1.29, 1.82) is 0 Å². The van der Waals surface area contributed by atoms with Crippen LogP contribution < -0.4 is 5.32 Å². The Kier molecular flexibility index (Phi) is 4.75. The second-order valence-corrected chi connectivity index (χ2v) is 6.57. The van der Waals surface area contributed by atoms with Gasteiger partial charge in [-0.2, -0.15) is 0 Å². The second-order valence-electron chi connectivity index (χ2n) is 6.57. The first-order valence-electron chi connectivity index (χ1n) is 8.99. The number of fused-ring (bicyclic) bond motifs is 1. The van der Waals surface area contributed by atoms with Crippen LogP contribution in [0.4, 0.5) is 5.69 Å². The first-order valence-corrected chi connectivity index (χ1v) is 8.99. The van der Waals surface area contributed by atoms with Gasteiger partial charge in [-0.1, -0.05) is 54.6 Å². The summed E-state index contributed by atoms with van der Waals surface area (Å²) >= 11 is 0. The monoisotopic (exact) mass is 384 g/mol. The van der Waals surface area contributed by atoms with E-state index in [2.05, 4.69) is 5.32 Å². The summed E-state index contributed by atoms with van der Waals surface area (Å²) in [5.74, 6) is -1.67. The number of nitrogens with one attached hydrogen (secondary N) is 1. The molecule has 4 rings (SSSR count). The van der Waals surface area contributed by atoms with Gasteiger partial charge in [0.15, 0.2) is 5.78 Å². The summed E-state index contributed by atoms with van der Waals surface area (Å²) in [6, 6.07) is 21.8. The lowest BCUT2D eigenvalue weighted by atomic mass is 10.0. The third-order valence-electron chi connectivity index (χ3n) is 4.62. The fourth-order valence-corrected chi connectivity index (χ4v) is 3.22. The first kappa shape index (κ1) is 18.3. The van der Waals surface area contributed by atoms with Gasteiger partial charge in [0.1, 0.15) is 6.54 Å². The molecule has 0 fully saturated rings. The van der Waals surface area contributed by atoms with Crippen LogP contribution in [0, 0.1) is 0 Å². The number of nitrogens with zero attached hydrogens (tertiary/aromatic N) is 1. The Morgan fingerprint density at radius 1 is 0.724 bits per heavy atom. The summed E-state index contributed by atoms with van der Waals surface area (Å²) in [6.07, 6.45) is 0. The number of carbonyl (C=O) groups is 4. The SMILES string of the molecule is O=C(CN1C(=O)c2ccccc2C1=O)Nc1cccc(C(=O)c2ccccc2)c1. The van der Waals surface area contributed by atoms with E-state index in [0.29, 0.717) is 27.9 Å². The van der Waals surface area contributed by atoms with Crippen molar-refractivity contribution >= 4 is 29.2 Å². The molecule has 0 aliphatic carbocycles. The molecule has 6 nitrogen and oxygen atoms in total. The molecule has 0 saturated carbocycles. The fraction of sp³-hybridized carbons (Fsp3) is 0.0435. The quantitative estimate of drug-likeness (QED) is 0.541. The van der Waals surface area contributed by atoms with Gasteiger partial charge in [-0.25, -0.2) is 0 Å². The summed E-state index contributed by atoms with van der Waals surface area (Å²) in [7, 11) is 0. The van der Waals surface area contributed by atoms with E-state index < -0.39 is 24.3 Å². The predicted molar refractivity (Wildman–Crippen MR) is 107 cm³/mol. The lowest BCUT2D eigenvalue weighted by Crippen LogP contribution is -2.37. The van der Waals surface area contributed by atoms with Crippen LogP contribution in [0.1, 0.15) is 36.6 Å². The van der Waals surface area contributed by atoms with E-state index in [9.17, 15) is 19.2 Å². The zero-order valence-electron chi connectivity index (χ0n) is 15.3. The molecule has 1 aliphatic heterocycles. The normalized spacial score (nSPS) is 12.6. The molecule has 0 aromatic heterocycles. The van der Waals surface area contributed by atoms with Crippen molar-refractivity contribution in [3.05, 3.63) is 101 Å². The van der Waals surface area contributed by atoms with Gasteiger partial charge in [0.2, 0.25) is 5.91 Å². The van der Waals surface area contributed by atoms with E-state index in [4.69, 9.17) is 0 Å². The van der Waals surface area contributed by atoms with Crippen molar-refractivity contribution in [1.82, 2.24) is 4.90 Å². The van der Waals surface area contributed by atoms with Crippen LogP contribution in [-0.4, -0.2) is 34.9 Å². The van der Waals surface area contributed by atoms with Gasteiger partial charge < -0.3 is 5.32 Å². The lowest BCUT2D eigenvalue weighted by molar-refractivity contribution is -0.116. The molecule has 1 aliphatic rings. The van der Waals surface area contributed by atoms with E-state index >= 15 is 0 Å². The van der Waals surface area contributed by atoms with E-state index in [1.807, 2.05) is 6.07 Å². The molecule has 29 heavy (non-hydrogen) atoms. The number of hydrogen-bond donors (Lipinski definition) is 1. The van der Waals surface area contributed by atoms with Gasteiger partial charge in [-0.3, -0.25) is 24.1 Å². The van der Waals surface area contributed by atoms with Crippen molar-refractivity contribution in [3.63, 3.8) is 0 Å². The molecule has 0 atom stereocenters. The molecule has 3 aromatic rings. The van der Waals surface area contributed by atoms with Gasteiger partial charge >= 0.3 is 0 Å². The standard InChI is InChI=1S/C23H16N2O4/c26-20(14-25-22(28)18-11-4-5-12-19(18)23(25)29)24-17-10-6-9-16(13-17)21(27)15-7-2-1-3-8-15/h1-13H,14H2,(H,24,26). The van der Waals surface area contributed by atoms with Gasteiger partial charge in [0.25, 0.3) is 11.8 Å². The number of benzene rings is 3. The third-order valence-corrected chi connectivity index (χ3v) is 4.62. The molecule has 0 bridgehead atoms. The van der Waals surface area contributed by atoms with Crippen molar-refractivity contribution in [2.75, 3.05) is 11.9 Å². The smallest absolute Gasteiger partial charge is 0.262 e. The van der Waals surface area contributed by atoms with Crippen molar-refractivity contribution in [3.8, 4) is 0 Å². The summed E-state index contributed by atoms with van der Waals surface area (Å²) in [6.45, 7) is -0.400. The summed E-state index contributed by atoms with van der Waals surface area (Å²) < 4.78 is 0. The zero-order chi connectivity index (χ0) is 20.4. The largest absolute Gasteiger partial charge is 0.325 e. The highest BCUT2D eigenvalue weighted by Gasteiger charge is 2.36. The van der Waals surface area contributed by atoms with Gasteiger partial charge in [0.05, 0.1) is 11.1 Å². The minimum absolute atomic E-state index is 0.165. The average Bonchev–Trinajstić information content (AvgIpc) is 2.99. The highest BCUT2D eigenvalue weighted by Crippen LogP contribution is 2.22. The lowest BCUT2D eigenvalue weighted by Gasteiger charge is -2.14. The maximum atomic E-state index is 12.6. The van der Waals surface area contributed by atoms with Gasteiger partial charge in [-0.15, -0.1) is 0 Å². The van der Waals surface area contributed by atoms with Crippen LogP contribution in [0.15, 0.2) is 78.9 Å². The maximum absolute atomic E-state index is 12.6. The topological polar surface area (TPSA) is 83.6 Å². The highest BCUT2D eigenvalue weighted by molar-refractivity contribution is 6.22. The Morgan fingerprint density at radius 2 is 1.31 bits per heavy atom. The minimum Gasteiger partial charge on any atom is -0.325 e. The molecule has 3 aromatic carbocycles. The first-order chi connectivity index (χ1) is 14.0. The zero-order valence-corrected chi connectivity index (χ0v) is 15.3. The van der Waals surface area contributed by atoms with Gasteiger partial charge in [-0.05, 0) is 24.3 Å². The van der Waals surface area contributed by atoms with Gasteiger partial charge in [0, 0.05) is 16.8 Å². The fourth-order valence-electron chi connectivity index (χ4n) is 3.22. The minimum atomic E-state index is -0.524. The Hall–Kier alpha value is -4.06. The Morgan fingerprint density at radius 3 is 1.97 bits per heavy atom. The maximum Gasteiger partial charge on any atom is 0.262 e. The van der Waals surface area contributed by atoms with E-state index in [-0.39, 0.29) is 5.78 Å². The Balaban J connectivity index is 1.47. The average molecular weight is 384 g/mol. The van der Waals surface area contributed by atoms with Crippen LogP contribution in [0.25, 0.3) is 0 Å². The van der Waals surface area contributed by atoms with Crippen LogP contribution in [0.3, 0.4) is 0 Å². The van der Waals surface area contributed by atoms with Crippen LogP contribution >= 0.6 is 0 Å². The van der Waals surface area contributed by atoms with E-state index in [1.54, 1.807) is 72.8 Å². The molecule has 0 saturated heterocycles. The highest BCUT2D eigenvalue weighted by atomic mass is 16.2. The summed E-state index contributed by atoms with van der Waals surface area (Å²) in [5, 5.41) is 2.65. The molecule has 0 spiro atoms. The number of amides is 3. The Bertz CT molecular complexity index is 1100. The molecule has 6 heteroatoms.